The van der Waals surface area contributed by atoms with Crippen molar-refractivity contribution in [3.05, 3.63) is 23.9 Å². The molecule has 2 aliphatic heterocycles. The summed E-state index contributed by atoms with van der Waals surface area (Å²) >= 11 is 0. The van der Waals surface area contributed by atoms with Crippen LogP contribution in [0.1, 0.15) is 25.5 Å². The predicted molar refractivity (Wildman–Crippen MR) is 65.7 cm³/mol. The molecule has 0 amide bonds. The highest BCUT2D eigenvalue weighted by atomic mass is 15.3. The van der Waals surface area contributed by atoms with Gasteiger partial charge in [-0.25, -0.2) is 4.98 Å². The van der Waals surface area contributed by atoms with Crippen LogP contribution in [0.25, 0.3) is 0 Å². The zero-order chi connectivity index (χ0) is 11.9. The Bertz CT molecular complexity index is 479. The number of nitrogens with one attached hydrogen (secondary N) is 1. The quantitative estimate of drug-likeness (QED) is 0.786. The Morgan fingerprint density at radius 2 is 2.47 bits per heavy atom. The molecule has 4 nitrogen and oxygen atoms in total. The average molecular weight is 228 g/mol. The minimum absolute atomic E-state index is 0.216. The smallest absolute Gasteiger partial charge is 0.142 e. The fourth-order valence-electron chi connectivity index (χ4n) is 2.98. The molecule has 0 aromatic carbocycles. The number of rotatable bonds is 1. The first-order valence-electron chi connectivity index (χ1n) is 6.08. The number of piperazine rings is 1. The van der Waals surface area contributed by atoms with E-state index in [0.717, 1.165) is 18.9 Å². The lowest BCUT2D eigenvalue weighted by molar-refractivity contribution is 0.348. The molecule has 2 bridgehead atoms. The molecule has 2 fully saturated rings. The van der Waals surface area contributed by atoms with Crippen LogP contribution in [0.15, 0.2) is 18.2 Å². The summed E-state index contributed by atoms with van der Waals surface area (Å²) in [4.78, 5) is 6.68. The van der Waals surface area contributed by atoms with E-state index in [9.17, 15) is 0 Å². The maximum atomic E-state index is 8.88. The highest BCUT2D eigenvalue weighted by Gasteiger charge is 2.41. The molecule has 0 saturated carbocycles. The van der Waals surface area contributed by atoms with Gasteiger partial charge in [0.2, 0.25) is 0 Å². The lowest BCUT2D eigenvalue weighted by Gasteiger charge is -2.39. The first-order chi connectivity index (χ1) is 8.18. The molecule has 0 radical (unpaired) electrons. The van der Waals surface area contributed by atoms with Gasteiger partial charge in [-0.3, -0.25) is 0 Å². The second kappa shape index (κ2) is 3.71. The van der Waals surface area contributed by atoms with E-state index in [1.165, 1.54) is 12.8 Å². The molecule has 2 atom stereocenters. The third kappa shape index (κ3) is 1.87. The second-order valence-electron chi connectivity index (χ2n) is 5.31. The van der Waals surface area contributed by atoms with E-state index >= 15 is 0 Å². The predicted octanol–water partition coefficient (Wildman–Crippen LogP) is 1.28. The van der Waals surface area contributed by atoms with Crippen LogP contribution in [0.4, 0.5) is 5.82 Å². The molecule has 1 N–H and O–H groups in total. The van der Waals surface area contributed by atoms with Crippen LogP contribution in [-0.2, 0) is 0 Å². The van der Waals surface area contributed by atoms with Crippen molar-refractivity contribution in [2.45, 2.75) is 31.3 Å². The number of fused-ring (bicyclic) bond motifs is 2. The van der Waals surface area contributed by atoms with Crippen molar-refractivity contribution < 1.29 is 0 Å². The molecule has 0 unspecified atom stereocenters. The van der Waals surface area contributed by atoms with Crippen LogP contribution in [0.2, 0.25) is 0 Å². The molecule has 3 rings (SSSR count). The van der Waals surface area contributed by atoms with Crippen LogP contribution >= 0.6 is 0 Å². The molecular formula is C13H16N4. The fraction of sp³-hybridized carbons (Fsp3) is 0.538. The van der Waals surface area contributed by atoms with E-state index in [1.807, 2.05) is 12.1 Å². The van der Waals surface area contributed by atoms with Gasteiger partial charge < -0.3 is 10.2 Å². The maximum Gasteiger partial charge on any atom is 0.142 e. The minimum atomic E-state index is 0.216. The molecule has 1 aromatic heterocycles. The van der Waals surface area contributed by atoms with Gasteiger partial charge >= 0.3 is 0 Å². The number of nitriles is 1. The molecule has 3 heterocycles. The van der Waals surface area contributed by atoms with Gasteiger partial charge in [0.1, 0.15) is 17.6 Å². The van der Waals surface area contributed by atoms with E-state index < -0.39 is 0 Å². The van der Waals surface area contributed by atoms with Crippen LogP contribution in [-0.4, -0.2) is 29.7 Å². The number of nitrogens with zero attached hydrogens (tertiary/aromatic N) is 3. The molecular weight excluding hydrogens is 212 g/mol. The average Bonchev–Trinajstić information content (AvgIpc) is 2.63. The molecule has 4 heteroatoms. The molecule has 88 valence electrons. The molecule has 0 spiro atoms. The van der Waals surface area contributed by atoms with Gasteiger partial charge in [0, 0.05) is 24.7 Å². The van der Waals surface area contributed by atoms with Gasteiger partial charge in [-0.2, -0.15) is 5.26 Å². The van der Waals surface area contributed by atoms with Gasteiger partial charge in [0.05, 0.1) is 0 Å². The molecule has 17 heavy (non-hydrogen) atoms. The summed E-state index contributed by atoms with van der Waals surface area (Å²) in [7, 11) is 0. The first kappa shape index (κ1) is 10.5. The summed E-state index contributed by atoms with van der Waals surface area (Å²) in [6.45, 7) is 4.25. The van der Waals surface area contributed by atoms with Gasteiger partial charge in [-0.15, -0.1) is 0 Å². The SMILES string of the molecule is C[C@@]12CC[C@@H](CN(c3cccc(C#N)n3)C1)N2. The topological polar surface area (TPSA) is 52.0 Å². The van der Waals surface area contributed by atoms with Gasteiger partial charge in [0.15, 0.2) is 0 Å². The van der Waals surface area contributed by atoms with Crippen LogP contribution in [0.5, 0.6) is 0 Å². The van der Waals surface area contributed by atoms with Crippen molar-refractivity contribution in [3.8, 4) is 6.07 Å². The third-order valence-corrected chi connectivity index (χ3v) is 3.75. The van der Waals surface area contributed by atoms with E-state index in [1.54, 1.807) is 6.07 Å². The standard InChI is InChI=1S/C13H16N4/c1-13-6-5-11(16-13)8-17(9-13)12-4-2-3-10(7-14)15-12/h2-4,11,16H,5-6,8-9H2,1H3/t11-,13+/m0/s1. The fourth-order valence-corrected chi connectivity index (χ4v) is 2.98. The Hall–Kier alpha value is -1.60. The Labute approximate surface area is 101 Å². The van der Waals surface area contributed by atoms with Crippen molar-refractivity contribution in [1.29, 1.82) is 5.26 Å². The Morgan fingerprint density at radius 1 is 1.59 bits per heavy atom. The van der Waals surface area contributed by atoms with Gasteiger partial charge in [-0.05, 0) is 31.9 Å². The number of anilines is 1. The first-order valence-corrected chi connectivity index (χ1v) is 6.08. The third-order valence-electron chi connectivity index (χ3n) is 3.75. The highest BCUT2D eigenvalue weighted by Crippen LogP contribution is 2.31. The van der Waals surface area contributed by atoms with Crippen molar-refractivity contribution in [3.63, 3.8) is 0 Å². The normalized spacial score (nSPS) is 31.3. The largest absolute Gasteiger partial charge is 0.353 e. The molecule has 1 aromatic rings. The summed E-state index contributed by atoms with van der Waals surface area (Å²) < 4.78 is 0. The lowest BCUT2D eigenvalue weighted by Crippen LogP contribution is -2.58. The second-order valence-corrected chi connectivity index (χ2v) is 5.31. The minimum Gasteiger partial charge on any atom is -0.353 e. The van der Waals surface area contributed by atoms with Crippen LogP contribution in [0, 0.1) is 11.3 Å². The molecule has 2 aliphatic rings. The van der Waals surface area contributed by atoms with Crippen molar-refractivity contribution in [2.75, 3.05) is 18.0 Å². The summed E-state index contributed by atoms with van der Waals surface area (Å²) in [5.74, 6) is 0.934. The zero-order valence-electron chi connectivity index (χ0n) is 9.98. The summed E-state index contributed by atoms with van der Waals surface area (Å²) in [6, 6.07) is 8.33. The van der Waals surface area contributed by atoms with Crippen molar-refractivity contribution >= 4 is 5.82 Å². The summed E-state index contributed by atoms with van der Waals surface area (Å²) in [5, 5.41) is 12.5. The number of aromatic nitrogens is 1. The number of hydrogen-bond acceptors (Lipinski definition) is 4. The van der Waals surface area contributed by atoms with E-state index in [2.05, 4.69) is 28.2 Å². The molecule has 2 saturated heterocycles. The lowest BCUT2D eigenvalue weighted by atomic mass is 10.00. The zero-order valence-corrected chi connectivity index (χ0v) is 9.98. The van der Waals surface area contributed by atoms with Crippen LogP contribution < -0.4 is 10.2 Å². The monoisotopic (exact) mass is 228 g/mol. The number of pyridine rings is 1. The van der Waals surface area contributed by atoms with E-state index in [4.69, 9.17) is 5.26 Å². The summed E-state index contributed by atoms with van der Waals surface area (Å²) in [5.41, 5.74) is 0.714. The van der Waals surface area contributed by atoms with Gasteiger partial charge in [-0.1, -0.05) is 6.07 Å². The Morgan fingerprint density at radius 3 is 3.24 bits per heavy atom. The maximum absolute atomic E-state index is 8.88. The Kier molecular flexibility index (Phi) is 2.30. The van der Waals surface area contributed by atoms with Gasteiger partial charge in [0.25, 0.3) is 0 Å². The Balaban J connectivity index is 1.87. The highest BCUT2D eigenvalue weighted by molar-refractivity contribution is 5.43. The van der Waals surface area contributed by atoms with E-state index in [0.29, 0.717) is 11.7 Å². The van der Waals surface area contributed by atoms with Crippen LogP contribution in [0.3, 0.4) is 0 Å². The van der Waals surface area contributed by atoms with Crippen molar-refractivity contribution in [2.24, 2.45) is 0 Å². The van der Waals surface area contributed by atoms with Crippen molar-refractivity contribution in [1.82, 2.24) is 10.3 Å². The molecule has 0 aliphatic carbocycles. The number of hydrogen-bond donors (Lipinski definition) is 1. The summed E-state index contributed by atoms with van der Waals surface area (Å²) in [6.07, 6.45) is 2.47. The van der Waals surface area contributed by atoms with E-state index in [-0.39, 0.29) is 5.54 Å².